The van der Waals surface area contributed by atoms with Crippen molar-refractivity contribution in [3.63, 3.8) is 0 Å². The number of nitrogens with two attached hydrogens (primary N) is 1. The van der Waals surface area contributed by atoms with Crippen molar-refractivity contribution < 1.29 is 14.3 Å². The highest BCUT2D eigenvalue weighted by atomic mass is 16.5. The summed E-state index contributed by atoms with van der Waals surface area (Å²) in [5, 5.41) is 0. The Kier molecular flexibility index (Phi) is 4.12. The van der Waals surface area contributed by atoms with E-state index in [1.807, 2.05) is 0 Å². The van der Waals surface area contributed by atoms with Crippen molar-refractivity contribution in [2.75, 3.05) is 26.4 Å². The molecule has 4 heteroatoms. The fourth-order valence-corrected chi connectivity index (χ4v) is 1.78. The van der Waals surface area contributed by atoms with Crippen LogP contribution in [-0.2, 0) is 4.74 Å². The molecule has 92 valence electrons. The minimum absolute atomic E-state index is 0.0413. The number of carbonyl (C=O) groups is 1. The van der Waals surface area contributed by atoms with E-state index in [0.717, 1.165) is 25.4 Å². The van der Waals surface area contributed by atoms with E-state index in [0.29, 0.717) is 18.1 Å². The van der Waals surface area contributed by atoms with Crippen LogP contribution in [0.1, 0.15) is 16.8 Å². The molecular formula is C13H17NO3. The van der Waals surface area contributed by atoms with E-state index in [9.17, 15) is 4.79 Å². The molecule has 2 N–H and O–H groups in total. The predicted molar refractivity (Wildman–Crippen MR) is 64.2 cm³/mol. The van der Waals surface area contributed by atoms with Gasteiger partial charge >= 0.3 is 0 Å². The summed E-state index contributed by atoms with van der Waals surface area (Å²) in [7, 11) is 0. The van der Waals surface area contributed by atoms with E-state index in [-0.39, 0.29) is 12.3 Å². The number of ether oxygens (including phenoxy) is 2. The van der Waals surface area contributed by atoms with Gasteiger partial charge in [0.2, 0.25) is 0 Å². The van der Waals surface area contributed by atoms with Gasteiger partial charge in [-0.05, 0) is 30.7 Å². The van der Waals surface area contributed by atoms with Crippen molar-refractivity contribution in [3.8, 4) is 5.75 Å². The average Bonchev–Trinajstić information content (AvgIpc) is 2.89. The van der Waals surface area contributed by atoms with Gasteiger partial charge in [0, 0.05) is 18.1 Å². The van der Waals surface area contributed by atoms with Crippen LogP contribution in [0.25, 0.3) is 0 Å². The fraction of sp³-hybridized carbons (Fsp3) is 0.462. The third-order valence-electron chi connectivity index (χ3n) is 2.87. The van der Waals surface area contributed by atoms with Crippen LogP contribution in [0.15, 0.2) is 24.3 Å². The second-order valence-electron chi connectivity index (χ2n) is 4.19. The van der Waals surface area contributed by atoms with Crippen LogP contribution < -0.4 is 10.5 Å². The quantitative estimate of drug-likeness (QED) is 0.780. The third kappa shape index (κ3) is 3.28. The Labute approximate surface area is 101 Å². The SMILES string of the molecule is NCC(=O)c1ccc(OCC2CCOC2)cc1. The molecule has 0 amide bonds. The Morgan fingerprint density at radius 2 is 2.18 bits per heavy atom. The average molecular weight is 235 g/mol. The molecule has 0 saturated carbocycles. The second-order valence-corrected chi connectivity index (χ2v) is 4.19. The van der Waals surface area contributed by atoms with Gasteiger partial charge in [0.1, 0.15) is 5.75 Å². The third-order valence-corrected chi connectivity index (χ3v) is 2.87. The van der Waals surface area contributed by atoms with Crippen molar-refractivity contribution in [2.24, 2.45) is 11.7 Å². The Bertz CT molecular complexity index is 369. The highest BCUT2D eigenvalue weighted by Gasteiger charge is 2.16. The fourth-order valence-electron chi connectivity index (χ4n) is 1.78. The number of benzene rings is 1. The van der Waals surface area contributed by atoms with Gasteiger partial charge in [0.05, 0.1) is 19.8 Å². The number of hydrogen-bond donors (Lipinski definition) is 1. The topological polar surface area (TPSA) is 61.6 Å². The number of Topliss-reactive ketones (excluding diaryl/α,β-unsaturated/α-hetero) is 1. The molecule has 1 aliphatic rings. The molecule has 1 aliphatic heterocycles. The molecule has 1 aromatic carbocycles. The summed E-state index contributed by atoms with van der Waals surface area (Å²) < 4.78 is 10.9. The van der Waals surface area contributed by atoms with Gasteiger partial charge in [-0.25, -0.2) is 0 Å². The van der Waals surface area contributed by atoms with E-state index < -0.39 is 0 Å². The monoisotopic (exact) mass is 235 g/mol. The number of carbonyl (C=O) groups excluding carboxylic acids is 1. The molecular weight excluding hydrogens is 218 g/mol. The van der Waals surface area contributed by atoms with Crippen molar-refractivity contribution in [1.82, 2.24) is 0 Å². The lowest BCUT2D eigenvalue weighted by molar-refractivity contribution is 0.100. The molecule has 2 rings (SSSR count). The number of hydrogen-bond acceptors (Lipinski definition) is 4. The first-order chi connectivity index (χ1) is 8.29. The van der Waals surface area contributed by atoms with Gasteiger partial charge in [-0.2, -0.15) is 0 Å². The molecule has 1 fully saturated rings. The highest BCUT2D eigenvalue weighted by Crippen LogP contribution is 2.17. The van der Waals surface area contributed by atoms with Crippen molar-refractivity contribution >= 4 is 5.78 Å². The van der Waals surface area contributed by atoms with Crippen molar-refractivity contribution in [2.45, 2.75) is 6.42 Å². The Morgan fingerprint density at radius 1 is 1.41 bits per heavy atom. The number of rotatable bonds is 5. The molecule has 0 spiro atoms. The van der Waals surface area contributed by atoms with Gasteiger partial charge in [-0.3, -0.25) is 4.79 Å². The van der Waals surface area contributed by atoms with Crippen LogP contribution in [-0.4, -0.2) is 32.1 Å². The molecule has 0 radical (unpaired) electrons. The van der Waals surface area contributed by atoms with E-state index in [1.54, 1.807) is 24.3 Å². The first-order valence-electron chi connectivity index (χ1n) is 5.83. The van der Waals surface area contributed by atoms with E-state index >= 15 is 0 Å². The van der Waals surface area contributed by atoms with Gasteiger partial charge in [-0.1, -0.05) is 0 Å². The summed E-state index contributed by atoms with van der Waals surface area (Å²) in [5.74, 6) is 1.21. The first kappa shape index (κ1) is 12.1. The molecule has 17 heavy (non-hydrogen) atoms. The maximum Gasteiger partial charge on any atom is 0.176 e. The summed E-state index contributed by atoms with van der Waals surface area (Å²) in [4.78, 5) is 11.3. The summed E-state index contributed by atoms with van der Waals surface area (Å²) in [5.41, 5.74) is 5.92. The number of ketones is 1. The maximum absolute atomic E-state index is 11.3. The molecule has 0 bridgehead atoms. The summed E-state index contributed by atoms with van der Waals surface area (Å²) in [6, 6.07) is 7.10. The van der Waals surface area contributed by atoms with Gasteiger partial charge in [0.15, 0.2) is 5.78 Å². The lowest BCUT2D eigenvalue weighted by atomic mass is 10.1. The Morgan fingerprint density at radius 3 is 2.76 bits per heavy atom. The molecule has 1 heterocycles. The zero-order valence-corrected chi connectivity index (χ0v) is 9.72. The molecule has 0 aliphatic carbocycles. The molecule has 4 nitrogen and oxygen atoms in total. The normalized spacial score (nSPS) is 19.2. The minimum Gasteiger partial charge on any atom is -0.493 e. The van der Waals surface area contributed by atoms with Crippen LogP contribution in [0.5, 0.6) is 5.75 Å². The zero-order valence-electron chi connectivity index (χ0n) is 9.72. The Hall–Kier alpha value is -1.39. The zero-order chi connectivity index (χ0) is 12.1. The highest BCUT2D eigenvalue weighted by molar-refractivity contribution is 5.97. The van der Waals surface area contributed by atoms with E-state index in [4.69, 9.17) is 15.2 Å². The van der Waals surface area contributed by atoms with Crippen LogP contribution in [0.3, 0.4) is 0 Å². The van der Waals surface area contributed by atoms with Crippen LogP contribution in [0.4, 0.5) is 0 Å². The molecule has 1 unspecified atom stereocenters. The predicted octanol–water partition coefficient (Wildman–Crippen LogP) is 1.24. The van der Waals surface area contributed by atoms with Crippen LogP contribution >= 0.6 is 0 Å². The minimum atomic E-state index is -0.0549. The molecule has 1 atom stereocenters. The summed E-state index contributed by atoms with van der Waals surface area (Å²) in [6.45, 7) is 2.32. The van der Waals surface area contributed by atoms with Crippen molar-refractivity contribution in [1.29, 1.82) is 0 Å². The smallest absolute Gasteiger partial charge is 0.176 e. The van der Waals surface area contributed by atoms with E-state index in [1.165, 1.54) is 0 Å². The van der Waals surface area contributed by atoms with Crippen molar-refractivity contribution in [3.05, 3.63) is 29.8 Å². The van der Waals surface area contributed by atoms with Crippen LogP contribution in [0, 0.1) is 5.92 Å². The second kappa shape index (κ2) is 5.80. The standard InChI is InChI=1S/C13H17NO3/c14-7-13(15)11-1-3-12(4-2-11)17-9-10-5-6-16-8-10/h1-4,10H,5-9,14H2. The largest absolute Gasteiger partial charge is 0.493 e. The molecule has 1 saturated heterocycles. The lowest BCUT2D eigenvalue weighted by Gasteiger charge is -2.10. The summed E-state index contributed by atoms with van der Waals surface area (Å²) >= 11 is 0. The lowest BCUT2D eigenvalue weighted by Crippen LogP contribution is -2.14. The Balaban J connectivity index is 1.87. The first-order valence-corrected chi connectivity index (χ1v) is 5.83. The maximum atomic E-state index is 11.3. The van der Waals surface area contributed by atoms with E-state index in [2.05, 4.69) is 0 Å². The summed E-state index contributed by atoms with van der Waals surface area (Å²) in [6.07, 6.45) is 1.06. The molecule has 0 aromatic heterocycles. The van der Waals surface area contributed by atoms with Gasteiger partial charge in [0.25, 0.3) is 0 Å². The van der Waals surface area contributed by atoms with Gasteiger partial charge in [-0.15, -0.1) is 0 Å². The van der Waals surface area contributed by atoms with Gasteiger partial charge < -0.3 is 15.2 Å². The van der Waals surface area contributed by atoms with Crippen LogP contribution in [0.2, 0.25) is 0 Å². The molecule has 1 aromatic rings.